The Morgan fingerprint density at radius 3 is 2.56 bits per heavy atom. The van der Waals surface area contributed by atoms with Crippen LogP contribution in [0.4, 0.5) is 4.39 Å². The van der Waals surface area contributed by atoms with Crippen LogP contribution < -0.4 is 5.46 Å². The van der Waals surface area contributed by atoms with Gasteiger partial charge in [0.2, 0.25) is 0 Å². The molecule has 0 aromatic heterocycles. The van der Waals surface area contributed by atoms with Crippen molar-refractivity contribution in [1.82, 2.24) is 0 Å². The summed E-state index contributed by atoms with van der Waals surface area (Å²) in [6.45, 7) is 0. The quantitative estimate of drug-likeness (QED) is 0.473. The molecule has 1 aromatic carbocycles. The predicted octanol–water partition coefficient (Wildman–Crippen LogP) is 0.420. The van der Waals surface area contributed by atoms with Gasteiger partial charge in [-0.05, 0) is 0 Å². The number of halogens is 1. The van der Waals surface area contributed by atoms with Gasteiger partial charge >= 0.3 is 0 Å². The summed E-state index contributed by atoms with van der Waals surface area (Å²) in [5, 5.41) is 0. The average Bonchev–Trinajstić information content (AvgIpc) is 1.64. The summed E-state index contributed by atoms with van der Waals surface area (Å²) in [4.78, 5) is 0. The molecular weight excluding hydrogens is 340 g/mol. The minimum atomic E-state index is -0.412. The third-order valence-electron chi connectivity index (χ3n) is 0.790. The molecular formula is C6H3BFU-. The zero-order chi connectivity index (χ0) is 5.98. The second-order valence-corrected chi connectivity index (χ2v) is 1.47. The first-order chi connectivity index (χ1) is 3.79. The van der Waals surface area contributed by atoms with Gasteiger partial charge in [0.05, 0.1) is 7.85 Å². The second-order valence-electron chi connectivity index (χ2n) is 1.47. The third-order valence-corrected chi connectivity index (χ3v) is 0.790. The molecule has 0 bridgehead atoms. The van der Waals surface area contributed by atoms with Crippen LogP contribution in [-0.2, 0) is 0 Å². The van der Waals surface area contributed by atoms with Crippen molar-refractivity contribution in [1.29, 1.82) is 0 Å². The zero-order valence-corrected chi connectivity index (χ0v) is 8.85. The summed E-state index contributed by atoms with van der Waals surface area (Å²) in [5.74, 6) is -0.412. The SMILES string of the molecule is [B]c1cc[c-]c(F)c1.[U]. The van der Waals surface area contributed by atoms with E-state index >= 15 is 0 Å². The van der Waals surface area contributed by atoms with Gasteiger partial charge in [0.25, 0.3) is 0 Å². The van der Waals surface area contributed by atoms with Crippen LogP contribution in [0.5, 0.6) is 0 Å². The Morgan fingerprint density at radius 2 is 2.22 bits per heavy atom. The molecule has 0 nitrogen and oxygen atoms in total. The second kappa shape index (κ2) is 4.14. The molecule has 2 radical (unpaired) electrons. The van der Waals surface area contributed by atoms with E-state index in [0.717, 1.165) is 0 Å². The molecule has 0 aliphatic heterocycles. The average molecular weight is 343 g/mol. The fraction of sp³-hybridized carbons (Fsp3) is 0. The molecule has 9 heavy (non-hydrogen) atoms. The zero-order valence-electron chi connectivity index (χ0n) is 4.69. The van der Waals surface area contributed by atoms with Crippen molar-refractivity contribution in [3.8, 4) is 0 Å². The van der Waals surface area contributed by atoms with Gasteiger partial charge in [-0.3, -0.25) is 0 Å². The largest absolute Gasteiger partial charge is 0.236 e. The van der Waals surface area contributed by atoms with Gasteiger partial charge in [0.15, 0.2) is 0 Å². The van der Waals surface area contributed by atoms with E-state index in [2.05, 4.69) is 6.07 Å². The maximum absolute atomic E-state index is 12.0. The maximum atomic E-state index is 12.0. The minimum absolute atomic E-state index is 0. The molecule has 0 aliphatic rings. The van der Waals surface area contributed by atoms with Crippen LogP contribution in [0.2, 0.25) is 0 Å². The molecule has 0 fully saturated rings. The van der Waals surface area contributed by atoms with Crippen LogP contribution in [0, 0.1) is 43.0 Å². The van der Waals surface area contributed by atoms with Gasteiger partial charge in [0, 0.05) is 36.9 Å². The topological polar surface area (TPSA) is 0 Å². The normalized spacial score (nSPS) is 8.11. The maximum Gasteiger partial charge on any atom is 0.0778 e. The monoisotopic (exact) mass is 343 g/mol. The molecule has 0 spiro atoms. The van der Waals surface area contributed by atoms with E-state index in [1.54, 1.807) is 6.07 Å². The number of hydrogen-bond donors (Lipinski definition) is 0. The molecule has 0 saturated carbocycles. The standard InChI is InChI=1S/C6H3BF.U/c7-5-2-1-3-6(8)4-5;/h1-2,4H;/q-1;. The van der Waals surface area contributed by atoms with E-state index in [1.807, 2.05) is 0 Å². The van der Waals surface area contributed by atoms with Crippen LogP contribution in [0.25, 0.3) is 0 Å². The van der Waals surface area contributed by atoms with Crippen LogP contribution in [-0.4, -0.2) is 7.85 Å². The van der Waals surface area contributed by atoms with Crippen molar-refractivity contribution in [2.24, 2.45) is 0 Å². The van der Waals surface area contributed by atoms with E-state index < -0.39 is 5.82 Å². The molecule has 42 valence electrons. The molecule has 1 aromatic rings. The van der Waals surface area contributed by atoms with E-state index in [1.165, 1.54) is 12.1 Å². The van der Waals surface area contributed by atoms with Gasteiger partial charge in [-0.2, -0.15) is 17.6 Å². The molecule has 3 heteroatoms. The van der Waals surface area contributed by atoms with Crippen LogP contribution >= 0.6 is 0 Å². The molecule has 0 saturated heterocycles. The first-order valence-electron chi connectivity index (χ1n) is 2.22. The van der Waals surface area contributed by atoms with Gasteiger partial charge in [0.1, 0.15) is 0 Å². The van der Waals surface area contributed by atoms with Crippen molar-refractivity contribution >= 4 is 13.3 Å². The molecule has 0 unspecified atom stereocenters. The molecule has 0 heterocycles. The summed E-state index contributed by atoms with van der Waals surface area (Å²) in [6, 6.07) is 6.58. The first kappa shape index (κ1) is 9.27. The molecule has 0 aliphatic carbocycles. The summed E-state index contributed by atoms with van der Waals surface area (Å²) in [5.41, 5.74) is 0.432. The molecule has 1 rings (SSSR count). The predicted molar refractivity (Wildman–Crippen MR) is 30.6 cm³/mol. The van der Waals surface area contributed by atoms with Gasteiger partial charge in [-0.15, -0.1) is 12.1 Å². The fourth-order valence-electron chi connectivity index (χ4n) is 0.454. The van der Waals surface area contributed by atoms with Gasteiger partial charge < -0.3 is 0 Å². The third kappa shape index (κ3) is 3.08. The van der Waals surface area contributed by atoms with Crippen molar-refractivity contribution in [3.05, 3.63) is 30.1 Å². The first-order valence-corrected chi connectivity index (χ1v) is 2.22. The van der Waals surface area contributed by atoms with E-state index in [0.29, 0.717) is 5.46 Å². The van der Waals surface area contributed by atoms with E-state index in [4.69, 9.17) is 7.85 Å². The van der Waals surface area contributed by atoms with Crippen LogP contribution in [0.15, 0.2) is 18.2 Å². The van der Waals surface area contributed by atoms with Crippen molar-refractivity contribution in [3.63, 3.8) is 0 Å². The van der Waals surface area contributed by atoms with Crippen molar-refractivity contribution in [2.45, 2.75) is 0 Å². The Labute approximate surface area is 78.6 Å². The molecule has 0 amide bonds. The molecule has 0 atom stereocenters. The number of benzene rings is 1. The summed E-state index contributed by atoms with van der Waals surface area (Å²) in [6.07, 6.45) is 0. The smallest absolute Gasteiger partial charge is 0.0778 e. The van der Waals surface area contributed by atoms with Gasteiger partial charge in [-0.1, -0.05) is 0 Å². The summed E-state index contributed by atoms with van der Waals surface area (Å²) in [7, 11) is 5.20. The Hall–Kier alpha value is 0.267. The van der Waals surface area contributed by atoms with E-state index in [9.17, 15) is 4.39 Å². The molecule has 0 N–H and O–H groups in total. The minimum Gasteiger partial charge on any atom is -0.236 e. The fourth-order valence-corrected chi connectivity index (χ4v) is 0.454. The summed E-state index contributed by atoms with van der Waals surface area (Å²) < 4.78 is 12.0. The Kier molecular flexibility index (Phi) is 4.26. The Balaban J connectivity index is 0.000000640. The van der Waals surface area contributed by atoms with Crippen LogP contribution in [0.1, 0.15) is 0 Å². The Bertz CT molecular complexity index is 173. The van der Waals surface area contributed by atoms with Crippen LogP contribution in [0.3, 0.4) is 0 Å². The number of hydrogen-bond acceptors (Lipinski definition) is 0. The van der Waals surface area contributed by atoms with Crippen molar-refractivity contribution in [2.75, 3.05) is 0 Å². The van der Waals surface area contributed by atoms with Gasteiger partial charge in [-0.25, -0.2) is 4.39 Å². The Morgan fingerprint density at radius 1 is 1.56 bits per heavy atom. The van der Waals surface area contributed by atoms with E-state index in [-0.39, 0.29) is 31.1 Å². The number of rotatable bonds is 0. The van der Waals surface area contributed by atoms with Crippen molar-refractivity contribution < 1.29 is 35.5 Å². The summed E-state index contributed by atoms with van der Waals surface area (Å²) >= 11 is 0.